The van der Waals surface area contributed by atoms with Gasteiger partial charge in [-0.25, -0.2) is 0 Å². The first-order valence-electron chi connectivity index (χ1n) is 10.8. The number of unbranched alkanes of at least 4 members (excludes halogenated alkanes) is 15. The maximum atomic E-state index is 11.3. The van der Waals surface area contributed by atoms with Crippen LogP contribution in [0.2, 0.25) is 0 Å². The highest BCUT2D eigenvalue weighted by atomic mass is 31.2. The van der Waals surface area contributed by atoms with Gasteiger partial charge < -0.3 is 20.6 Å². The van der Waals surface area contributed by atoms with Crippen molar-refractivity contribution in [3.63, 3.8) is 0 Å². The third-order valence-corrected chi connectivity index (χ3v) is 6.84. The SMILES string of the molecule is CCCCCCCCCCCCCCCCCCC(N)(CO)P(=O)(O)O. The molecule has 1 atom stereocenters. The summed E-state index contributed by atoms with van der Waals surface area (Å²) < 4.78 is 11.3. The number of rotatable bonds is 19. The van der Waals surface area contributed by atoms with E-state index in [-0.39, 0.29) is 6.42 Å². The first-order chi connectivity index (χ1) is 12.4. The van der Waals surface area contributed by atoms with E-state index in [0.717, 1.165) is 12.8 Å². The topological polar surface area (TPSA) is 104 Å². The van der Waals surface area contributed by atoms with E-state index in [1.807, 2.05) is 0 Å². The van der Waals surface area contributed by atoms with Crippen molar-refractivity contribution in [2.24, 2.45) is 5.73 Å². The first-order valence-corrected chi connectivity index (χ1v) is 12.4. The fourth-order valence-corrected chi connectivity index (χ4v) is 3.93. The summed E-state index contributed by atoms with van der Waals surface area (Å²) in [6, 6.07) is 0. The zero-order valence-corrected chi connectivity index (χ0v) is 17.9. The molecule has 5 N–H and O–H groups in total. The van der Waals surface area contributed by atoms with Crippen LogP contribution in [-0.4, -0.2) is 26.8 Å². The Labute approximate surface area is 161 Å². The van der Waals surface area contributed by atoms with Crippen molar-refractivity contribution in [1.29, 1.82) is 0 Å². The third kappa shape index (κ3) is 13.3. The molecule has 0 fully saturated rings. The second-order valence-electron chi connectivity index (χ2n) is 7.86. The zero-order valence-electron chi connectivity index (χ0n) is 17.0. The summed E-state index contributed by atoms with van der Waals surface area (Å²) in [6.07, 6.45) is 20.3. The summed E-state index contributed by atoms with van der Waals surface area (Å²) in [6.45, 7) is 1.59. The molecule has 0 bridgehead atoms. The molecule has 0 saturated heterocycles. The fraction of sp³-hybridized carbons (Fsp3) is 1.00. The highest BCUT2D eigenvalue weighted by Gasteiger charge is 2.42. The predicted octanol–water partition coefficient (Wildman–Crippen LogP) is 5.46. The van der Waals surface area contributed by atoms with Gasteiger partial charge in [0.1, 0.15) is 5.28 Å². The lowest BCUT2D eigenvalue weighted by atomic mass is 10.0. The number of hydrogen-bond acceptors (Lipinski definition) is 3. The van der Waals surface area contributed by atoms with E-state index in [1.165, 1.54) is 83.5 Å². The minimum absolute atomic E-state index is 0.173. The molecule has 0 aromatic heterocycles. The molecule has 158 valence electrons. The van der Waals surface area contributed by atoms with Crippen LogP contribution >= 0.6 is 7.60 Å². The van der Waals surface area contributed by atoms with Gasteiger partial charge in [0.05, 0.1) is 6.61 Å². The Balaban J connectivity index is 3.33. The fourth-order valence-electron chi connectivity index (χ4n) is 3.30. The Morgan fingerprint density at radius 1 is 0.692 bits per heavy atom. The average Bonchev–Trinajstić information content (AvgIpc) is 2.60. The van der Waals surface area contributed by atoms with Gasteiger partial charge in [-0.3, -0.25) is 4.57 Å². The molecule has 0 spiro atoms. The van der Waals surface area contributed by atoms with Crippen LogP contribution in [0.1, 0.15) is 116 Å². The van der Waals surface area contributed by atoms with Gasteiger partial charge in [0.15, 0.2) is 0 Å². The van der Waals surface area contributed by atoms with Crippen molar-refractivity contribution in [3.05, 3.63) is 0 Å². The summed E-state index contributed by atoms with van der Waals surface area (Å²) in [5, 5.41) is 7.37. The normalized spacial score (nSPS) is 14.5. The van der Waals surface area contributed by atoms with Gasteiger partial charge in [0, 0.05) is 0 Å². The second kappa shape index (κ2) is 16.1. The molecule has 0 heterocycles. The second-order valence-corrected chi connectivity index (χ2v) is 9.84. The van der Waals surface area contributed by atoms with Crippen molar-refractivity contribution >= 4 is 7.60 Å². The van der Waals surface area contributed by atoms with Crippen molar-refractivity contribution in [1.82, 2.24) is 0 Å². The largest absolute Gasteiger partial charge is 0.394 e. The van der Waals surface area contributed by atoms with Crippen molar-refractivity contribution in [2.75, 3.05) is 6.61 Å². The predicted molar refractivity (Wildman–Crippen MR) is 110 cm³/mol. The molecule has 0 saturated carbocycles. The Bertz CT molecular complexity index is 362. The summed E-state index contributed by atoms with van der Waals surface area (Å²) in [4.78, 5) is 18.4. The van der Waals surface area contributed by atoms with E-state index in [1.54, 1.807) is 0 Å². The lowest BCUT2D eigenvalue weighted by Crippen LogP contribution is -2.43. The van der Waals surface area contributed by atoms with E-state index >= 15 is 0 Å². The third-order valence-electron chi connectivity index (χ3n) is 5.32. The average molecular weight is 394 g/mol. The van der Waals surface area contributed by atoms with E-state index in [0.29, 0.717) is 6.42 Å². The van der Waals surface area contributed by atoms with Crippen LogP contribution in [0.15, 0.2) is 0 Å². The molecule has 26 heavy (non-hydrogen) atoms. The molecule has 5 nitrogen and oxygen atoms in total. The van der Waals surface area contributed by atoms with Crippen LogP contribution < -0.4 is 5.73 Å². The molecular weight excluding hydrogens is 349 g/mol. The zero-order chi connectivity index (χ0) is 19.7. The molecule has 0 aliphatic heterocycles. The lowest BCUT2D eigenvalue weighted by Gasteiger charge is -2.27. The lowest BCUT2D eigenvalue weighted by molar-refractivity contribution is 0.203. The van der Waals surface area contributed by atoms with Gasteiger partial charge in [-0.15, -0.1) is 0 Å². The minimum Gasteiger partial charge on any atom is -0.394 e. The number of nitrogens with two attached hydrogens (primary N) is 1. The van der Waals surface area contributed by atoms with E-state index < -0.39 is 19.5 Å². The molecule has 0 aromatic carbocycles. The molecule has 0 aliphatic rings. The van der Waals surface area contributed by atoms with Gasteiger partial charge in [0.25, 0.3) is 0 Å². The molecule has 0 aromatic rings. The van der Waals surface area contributed by atoms with E-state index in [2.05, 4.69) is 6.92 Å². The highest BCUT2D eigenvalue weighted by Crippen LogP contribution is 2.49. The molecule has 0 radical (unpaired) electrons. The molecule has 0 amide bonds. The van der Waals surface area contributed by atoms with Crippen molar-refractivity contribution < 1.29 is 19.5 Å². The van der Waals surface area contributed by atoms with Crippen LogP contribution in [0.25, 0.3) is 0 Å². The van der Waals surface area contributed by atoms with E-state index in [4.69, 9.17) is 10.8 Å². The monoisotopic (exact) mass is 393 g/mol. The van der Waals surface area contributed by atoms with Gasteiger partial charge in [-0.2, -0.15) is 0 Å². The van der Waals surface area contributed by atoms with Gasteiger partial charge in [-0.05, 0) is 6.42 Å². The first kappa shape index (κ1) is 26.1. The standard InChI is InChI=1S/C20H44NO4P/c1-2-3-4-5-6-7-8-9-10-11-12-13-14-15-16-17-18-20(21,19-22)26(23,24)25/h22H,2-19,21H2,1H3,(H2,23,24,25). The van der Waals surface area contributed by atoms with Crippen LogP contribution in [0.4, 0.5) is 0 Å². The quantitative estimate of drug-likeness (QED) is 0.172. The molecule has 1 unspecified atom stereocenters. The Morgan fingerprint density at radius 3 is 1.27 bits per heavy atom. The summed E-state index contributed by atoms with van der Waals surface area (Å²) >= 11 is 0. The highest BCUT2D eigenvalue weighted by molar-refractivity contribution is 7.53. The molecule has 0 rings (SSSR count). The van der Waals surface area contributed by atoms with Crippen LogP contribution in [0, 0.1) is 0 Å². The maximum Gasteiger partial charge on any atom is 0.347 e. The molecule has 0 aliphatic carbocycles. The number of aliphatic hydroxyl groups is 1. The summed E-state index contributed by atoms with van der Waals surface area (Å²) in [7, 11) is -4.45. The van der Waals surface area contributed by atoms with Crippen LogP contribution in [0.3, 0.4) is 0 Å². The Morgan fingerprint density at radius 2 is 1.00 bits per heavy atom. The van der Waals surface area contributed by atoms with Crippen molar-refractivity contribution in [3.8, 4) is 0 Å². The van der Waals surface area contributed by atoms with Crippen molar-refractivity contribution in [2.45, 2.75) is 121 Å². The molecule has 6 heteroatoms. The Kier molecular flexibility index (Phi) is 16.1. The van der Waals surface area contributed by atoms with Crippen LogP contribution in [-0.2, 0) is 4.57 Å². The van der Waals surface area contributed by atoms with Crippen LogP contribution in [0.5, 0.6) is 0 Å². The number of hydrogen-bond donors (Lipinski definition) is 4. The van der Waals surface area contributed by atoms with Gasteiger partial charge in [0.2, 0.25) is 0 Å². The van der Waals surface area contributed by atoms with E-state index in [9.17, 15) is 14.4 Å². The number of aliphatic hydroxyl groups excluding tert-OH is 1. The Hall–Kier alpha value is 0.0700. The molecular formula is C20H44NO4P. The summed E-state index contributed by atoms with van der Waals surface area (Å²) in [5.74, 6) is 0. The maximum absolute atomic E-state index is 11.3. The van der Waals surface area contributed by atoms with Gasteiger partial charge >= 0.3 is 7.60 Å². The summed E-state index contributed by atoms with van der Waals surface area (Å²) in [5.41, 5.74) is 5.62. The van der Waals surface area contributed by atoms with Gasteiger partial charge in [-0.1, -0.05) is 110 Å². The minimum atomic E-state index is -4.45. The smallest absolute Gasteiger partial charge is 0.347 e.